The maximum atomic E-state index is 14.2. The number of hydrogen-bond acceptors (Lipinski definition) is 6. The number of aliphatic hydroxyl groups excluding tert-OH is 1. The van der Waals surface area contributed by atoms with Gasteiger partial charge in [-0.05, 0) is 32.1 Å². The lowest BCUT2D eigenvalue weighted by atomic mass is 9.73. The number of nitrogens with zero attached hydrogens (tertiary/aromatic N) is 2. The molecule has 1 spiro atoms. The Morgan fingerprint density at radius 1 is 1.09 bits per heavy atom. The lowest BCUT2D eigenvalue weighted by Crippen LogP contribution is -2.58. The molecule has 4 rings (SSSR count). The Morgan fingerprint density at radius 3 is 2.57 bits per heavy atom. The van der Waals surface area contributed by atoms with Crippen molar-refractivity contribution in [3.8, 4) is 0 Å². The van der Waals surface area contributed by atoms with E-state index in [1.807, 2.05) is 38.2 Å². The number of likely N-dealkylation sites (tertiary alicyclic amines) is 1. The predicted octanol–water partition coefficient (Wildman–Crippen LogP) is 2.60. The summed E-state index contributed by atoms with van der Waals surface area (Å²) < 4.78 is 12.5. The maximum Gasteiger partial charge on any atom is 0.313 e. The van der Waals surface area contributed by atoms with Gasteiger partial charge in [0.15, 0.2) is 0 Å². The molecule has 0 aromatic carbocycles. The molecule has 0 aromatic heterocycles. The van der Waals surface area contributed by atoms with Crippen molar-refractivity contribution >= 4 is 17.8 Å². The zero-order valence-corrected chi connectivity index (χ0v) is 21.3. The van der Waals surface area contributed by atoms with E-state index in [1.54, 1.807) is 4.90 Å². The molecule has 4 heterocycles. The molecule has 35 heavy (non-hydrogen) atoms. The van der Waals surface area contributed by atoms with Crippen LogP contribution in [0.2, 0.25) is 0 Å². The van der Waals surface area contributed by atoms with Gasteiger partial charge >= 0.3 is 5.97 Å². The number of fused-ring (bicyclic) bond motifs is 2. The van der Waals surface area contributed by atoms with Crippen LogP contribution in [0.5, 0.6) is 0 Å². The van der Waals surface area contributed by atoms with Gasteiger partial charge in [0.1, 0.15) is 23.2 Å². The standard InChI is InChI=1S/C27H40N2O6/c1-4-7-10-15-28-16-12-14-27-20(23(31)29(19(5-2)18-30)22(27)24(28)32)21-25(33)34-17-11-8-9-13-26(21,6-3)35-27/h9,12-14,19-22,30H,4-8,10-11,15-18H2,1-3H3/b13-9-/t19-,20-,21+,22?,26-,27-/m0/s1. The summed E-state index contributed by atoms with van der Waals surface area (Å²) in [4.78, 5) is 45.1. The molecule has 1 unspecified atom stereocenters. The van der Waals surface area contributed by atoms with Crippen molar-refractivity contribution in [1.29, 1.82) is 0 Å². The number of esters is 1. The lowest BCUT2D eigenvalue weighted by molar-refractivity contribution is -0.163. The molecular formula is C27H40N2O6. The van der Waals surface area contributed by atoms with E-state index in [2.05, 4.69) is 6.92 Å². The van der Waals surface area contributed by atoms with E-state index in [-0.39, 0.29) is 25.0 Å². The third-order valence-electron chi connectivity index (χ3n) is 8.26. The molecule has 0 radical (unpaired) electrons. The molecule has 2 amide bonds. The van der Waals surface area contributed by atoms with E-state index in [0.29, 0.717) is 32.4 Å². The van der Waals surface area contributed by atoms with Crippen LogP contribution < -0.4 is 0 Å². The van der Waals surface area contributed by atoms with Crippen molar-refractivity contribution < 1.29 is 29.0 Å². The fraction of sp³-hybridized carbons (Fsp3) is 0.741. The number of unbranched alkanes of at least 4 members (excludes halogenated alkanes) is 2. The van der Waals surface area contributed by atoms with Gasteiger partial charge in [-0.1, -0.05) is 57.9 Å². The number of ether oxygens (including phenoxy) is 2. The summed E-state index contributed by atoms with van der Waals surface area (Å²) in [6, 6.07) is -1.47. The summed E-state index contributed by atoms with van der Waals surface area (Å²) in [5.41, 5.74) is -2.32. The minimum atomic E-state index is -1.29. The van der Waals surface area contributed by atoms with E-state index in [9.17, 15) is 19.5 Å². The molecule has 8 nitrogen and oxygen atoms in total. The van der Waals surface area contributed by atoms with E-state index in [4.69, 9.17) is 9.47 Å². The van der Waals surface area contributed by atoms with E-state index in [1.165, 1.54) is 4.90 Å². The van der Waals surface area contributed by atoms with E-state index < -0.39 is 41.1 Å². The number of allylic oxidation sites excluding steroid dienone is 1. The molecule has 1 N–H and O–H groups in total. The second-order valence-electron chi connectivity index (χ2n) is 10.2. The van der Waals surface area contributed by atoms with Crippen LogP contribution >= 0.6 is 0 Å². The molecule has 8 heteroatoms. The molecule has 0 saturated carbocycles. The molecule has 0 aliphatic carbocycles. The quantitative estimate of drug-likeness (QED) is 0.321. The molecule has 4 aliphatic rings. The molecule has 194 valence electrons. The number of carbonyl (C=O) groups excluding carboxylic acids is 3. The molecule has 0 bridgehead atoms. The van der Waals surface area contributed by atoms with Crippen LogP contribution in [-0.4, -0.2) is 82.3 Å². The van der Waals surface area contributed by atoms with E-state index in [0.717, 1.165) is 25.7 Å². The minimum absolute atomic E-state index is 0.177. The molecule has 6 atom stereocenters. The Labute approximate surface area is 208 Å². The minimum Gasteiger partial charge on any atom is -0.465 e. The van der Waals surface area contributed by atoms with Gasteiger partial charge in [0.05, 0.1) is 25.2 Å². The van der Waals surface area contributed by atoms with Crippen LogP contribution in [0.1, 0.15) is 65.7 Å². The van der Waals surface area contributed by atoms with Crippen molar-refractivity contribution in [2.75, 3.05) is 26.3 Å². The monoisotopic (exact) mass is 488 g/mol. The van der Waals surface area contributed by atoms with Crippen LogP contribution in [0.3, 0.4) is 0 Å². The molecule has 4 aliphatic heterocycles. The second-order valence-corrected chi connectivity index (χ2v) is 10.2. The Kier molecular flexibility index (Phi) is 7.71. The van der Waals surface area contributed by atoms with Crippen molar-refractivity contribution in [2.24, 2.45) is 11.8 Å². The fourth-order valence-corrected chi connectivity index (χ4v) is 6.42. The first-order valence-electron chi connectivity index (χ1n) is 13.3. The number of hydrogen-bond donors (Lipinski definition) is 1. The van der Waals surface area contributed by atoms with Crippen LogP contribution in [-0.2, 0) is 23.9 Å². The summed E-state index contributed by atoms with van der Waals surface area (Å²) in [5, 5.41) is 10.2. The highest BCUT2D eigenvalue weighted by atomic mass is 16.6. The highest BCUT2D eigenvalue weighted by molar-refractivity contribution is 5.99. The highest BCUT2D eigenvalue weighted by Gasteiger charge is 2.75. The number of carbonyl (C=O) groups is 3. The number of rotatable bonds is 8. The molecule has 2 fully saturated rings. The topological polar surface area (TPSA) is 96.4 Å². The third kappa shape index (κ3) is 4.12. The Hall–Kier alpha value is -2.19. The highest BCUT2D eigenvalue weighted by Crippen LogP contribution is 2.58. The first-order valence-corrected chi connectivity index (χ1v) is 13.3. The second kappa shape index (κ2) is 10.4. The van der Waals surface area contributed by atoms with Gasteiger partial charge in [-0.15, -0.1) is 0 Å². The Morgan fingerprint density at radius 2 is 1.89 bits per heavy atom. The van der Waals surface area contributed by atoms with Gasteiger partial charge < -0.3 is 24.4 Å². The van der Waals surface area contributed by atoms with Gasteiger partial charge in [-0.2, -0.15) is 0 Å². The SMILES string of the molecule is CCCCCN1CC=C[C@]23O[C@@]4(CC)/C=C\CCCOC(=O)[C@H]4[C@H]2C(=O)N([C@@H](CC)CO)C3C1=O. The van der Waals surface area contributed by atoms with Gasteiger partial charge in [-0.25, -0.2) is 0 Å². The average molecular weight is 489 g/mol. The summed E-state index contributed by atoms with van der Waals surface area (Å²) in [6.45, 7) is 7.00. The lowest BCUT2D eigenvalue weighted by Gasteiger charge is -2.40. The zero-order valence-electron chi connectivity index (χ0n) is 21.3. The maximum absolute atomic E-state index is 14.2. The zero-order chi connectivity index (χ0) is 25.2. The number of aliphatic hydroxyl groups is 1. The van der Waals surface area contributed by atoms with Crippen molar-refractivity contribution in [3.05, 3.63) is 24.3 Å². The number of amides is 2. The average Bonchev–Trinajstić information content (AvgIpc) is 3.24. The largest absolute Gasteiger partial charge is 0.465 e. The van der Waals surface area contributed by atoms with Crippen LogP contribution in [0.4, 0.5) is 0 Å². The number of cyclic esters (lactones) is 1. The van der Waals surface area contributed by atoms with Crippen LogP contribution in [0.25, 0.3) is 0 Å². The smallest absolute Gasteiger partial charge is 0.313 e. The molecular weight excluding hydrogens is 448 g/mol. The molecule has 2 saturated heterocycles. The first kappa shape index (κ1) is 25.9. The van der Waals surface area contributed by atoms with Gasteiger partial charge in [0, 0.05) is 13.1 Å². The van der Waals surface area contributed by atoms with E-state index >= 15 is 0 Å². The van der Waals surface area contributed by atoms with Gasteiger partial charge in [0.2, 0.25) is 11.8 Å². The summed E-state index contributed by atoms with van der Waals surface area (Å²) in [5.74, 6) is -2.68. The summed E-state index contributed by atoms with van der Waals surface area (Å²) >= 11 is 0. The van der Waals surface area contributed by atoms with Crippen molar-refractivity contribution in [3.63, 3.8) is 0 Å². The van der Waals surface area contributed by atoms with Crippen molar-refractivity contribution in [2.45, 2.75) is 89.0 Å². The normalized spacial score (nSPS) is 36.5. The Balaban J connectivity index is 1.85. The van der Waals surface area contributed by atoms with Crippen LogP contribution in [0.15, 0.2) is 24.3 Å². The predicted molar refractivity (Wildman–Crippen MR) is 130 cm³/mol. The van der Waals surface area contributed by atoms with Gasteiger partial charge in [0.25, 0.3) is 0 Å². The third-order valence-corrected chi connectivity index (χ3v) is 8.26. The first-order chi connectivity index (χ1) is 16.9. The van der Waals surface area contributed by atoms with Crippen LogP contribution in [0, 0.1) is 11.8 Å². The molecule has 0 aromatic rings. The fourth-order valence-electron chi connectivity index (χ4n) is 6.42. The van der Waals surface area contributed by atoms with Gasteiger partial charge in [-0.3, -0.25) is 14.4 Å². The van der Waals surface area contributed by atoms with Crippen molar-refractivity contribution in [1.82, 2.24) is 9.80 Å². The summed E-state index contributed by atoms with van der Waals surface area (Å²) in [7, 11) is 0. The summed E-state index contributed by atoms with van der Waals surface area (Å²) in [6.07, 6.45) is 13.1. The Bertz CT molecular complexity index is 883.